The number of aliphatic imine (C=N–C) groups is 1. The quantitative estimate of drug-likeness (QED) is 0.0624. The highest BCUT2D eigenvalue weighted by Gasteiger charge is 2.52. The summed E-state index contributed by atoms with van der Waals surface area (Å²) in [7, 11) is 0. The Morgan fingerprint density at radius 3 is 2.30 bits per heavy atom. The number of aryl methyl sites for hydroxylation is 1. The van der Waals surface area contributed by atoms with Crippen molar-refractivity contribution in [3.05, 3.63) is 153 Å². The molecule has 0 amide bonds. The summed E-state index contributed by atoms with van der Waals surface area (Å²) in [6, 6.07) is 5.33. The molecule has 3 aliphatic heterocycles. The van der Waals surface area contributed by atoms with E-state index in [0.29, 0.717) is 8.96 Å². The molecule has 8 rings (SSSR count). The summed E-state index contributed by atoms with van der Waals surface area (Å²) in [5.41, 5.74) is -4.45. The minimum atomic E-state index is -4.46. The molecule has 0 unspecified atom stereocenters. The summed E-state index contributed by atoms with van der Waals surface area (Å²) in [6.45, 7) is -5.40. The van der Waals surface area contributed by atoms with Crippen molar-refractivity contribution in [3.8, 4) is 5.75 Å². The van der Waals surface area contributed by atoms with Crippen LogP contribution in [0.1, 0.15) is 34.6 Å². The summed E-state index contributed by atoms with van der Waals surface area (Å²) in [5.74, 6) is -15.7. The van der Waals surface area contributed by atoms with Crippen LogP contribution in [0.15, 0.2) is 83.5 Å². The van der Waals surface area contributed by atoms with Crippen LogP contribution in [-0.4, -0.2) is 54.9 Å². The van der Waals surface area contributed by atoms with E-state index in [1.54, 1.807) is 0 Å². The highest BCUT2D eigenvalue weighted by molar-refractivity contribution is 6.57. The molecule has 0 saturated heterocycles. The summed E-state index contributed by atoms with van der Waals surface area (Å²) in [6.07, 6.45) is 11.3. The number of hydrogen-bond donors (Lipinski definition) is 2. The van der Waals surface area contributed by atoms with Gasteiger partial charge in [-0.3, -0.25) is 9.67 Å². The number of nitrogens with one attached hydrogen (secondary N) is 2. The minimum absolute atomic E-state index is 0.00274. The monoisotopic (exact) mass is 784 g/mol. The van der Waals surface area contributed by atoms with E-state index in [2.05, 4.69) is 25.6 Å². The van der Waals surface area contributed by atoms with Gasteiger partial charge in [-0.05, 0) is 49.0 Å². The van der Waals surface area contributed by atoms with E-state index in [1.807, 2.05) is 0 Å². The zero-order valence-electron chi connectivity index (χ0n) is 28.3. The van der Waals surface area contributed by atoms with Crippen molar-refractivity contribution in [1.82, 2.24) is 24.5 Å². The molecule has 0 radical (unpaired) electrons. The number of ether oxygens (including phenoxy) is 1. The molecule has 56 heavy (non-hydrogen) atoms. The number of hydrogen-bond acceptors (Lipinski definition) is 5. The van der Waals surface area contributed by atoms with Crippen LogP contribution in [0.2, 0.25) is 0 Å². The maximum absolute atomic E-state index is 15.6. The average molecular weight is 784 g/mol. The zero-order chi connectivity index (χ0) is 39.5. The van der Waals surface area contributed by atoms with Crippen molar-refractivity contribution in [1.29, 1.82) is 0 Å². The highest BCUT2D eigenvalue weighted by Crippen LogP contribution is 2.43. The first-order valence-corrected chi connectivity index (χ1v) is 16.7. The molecular weight excluding hydrogens is 761 g/mol. The van der Waals surface area contributed by atoms with Crippen molar-refractivity contribution < 1.29 is 53.0 Å². The van der Waals surface area contributed by atoms with Crippen LogP contribution in [0, 0.1) is 46.5 Å². The first-order chi connectivity index (χ1) is 26.9. The Morgan fingerprint density at radius 1 is 0.875 bits per heavy atom. The third kappa shape index (κ3) is 5.82. The number of rotatable bonds is 11. The lowest BCUT2D eigenvalue weighted by molar-refractivity contribution is -0.356. The second kappa shape index (κ2) is 13.9. The lowest BCUT2D eigenvalue weighted by Gasteiger charge is -2.31. The van der Waals surface area contributed by atoms with Crippen LogP contribution in [0.3, 0.4) is 0 Å². The van der Waals surface area contributed by atoms with Crippen molar-refractivity contribution in [3.63, 3.8) is 0 Å². The second-order valence-electron chi connectivity index (χ2n) is 12.6. The smallest absolute Gasteiger partial charge is 0.481 e. The fourth-order valence-corrected chi connectivity index (χ4v) is 6.69. The third-order valence-corrected chi connectivity index (χ3v) is 9.22. The average Bonchev–Trinajstić information content (AvgIpc) is 4.03. The molecular formula is C36H23BF10N8O. The number of aromatic amines is 1. The number of H-pyrrole nitrogens is 1. The molecule has 0 saturated carbocycles. The van der Waals surface area contributed by atoms with Crippen molar-refractivity contribution >= 4 is 36.2 Å². The van der Waals surface area contributed by atoms with Crippen molar-refractivity contribution in [2.24, 2.45) is 4.99 Å². The number of benzene rings is 2. The fourth-order valence-electron chi connectivity index (χ4n) is 6.69. The zero-order valence-corrected chi connectivity index (χ0v) is 28.3. The number of anilines is 1. The predicted molar refractivity (Wildman–Crippen MR) is 184 cm³/mol. The predicted octanol–water partition coefficient (Wildman–Crippen LogP) is 7.65. The molecule has 286 valence electrons. The molecule has 0 aliphatic carbocycles. The van der Waals surface area contributed by atoms with Gasteiger partial charge < -0.3 is 32.6 Å². The van der Waals surface area contributed by atoms with Crippen LogP contribution in [-0.2, 0) is 13.2 Å². The lowest BCUT2D eigenvalue weighted by atomic mass is 9.86. The maximum Gasteiger partial charge on any atom is 0.737 e. The SMILES string of the molecule is Fc1c(F)c(/C(=C2\C=CC=N2)c2ccc[nH]2)c(F)c(F)c1NCCCn1cc(COc2c(F)c(F)c(C3=C4C=CC=[N+]4[B-](F)(F)n4cccc43)c(F)c2F)nn1. The molecule has 0 atom stereocenters. The molecule has 5 aromatic rings. The van der Waals surface area contributed by atoms with E-state index in [4.69, 9.17) is 4.74 Å². The van der Waals surface area contributed by atoms with Crippen LogP contribution >= 0.6 is 0 Å². The van der Waals surface area contributed by atoms with E-state index in [-0.39, 0.29) is 53.6 Å². The topological polar surface area (TPSA) is 88.1 Å². The van der Waals surface area contributed by atoms with E-state index in [9.17, 15) is 0 Å². The van der Waals surface area contributed by atoms with Gasteiger partial charge in [-0.2, -0.15) is 8.78 Å². The third-order valence-electron chi connectivity index (χ3n) is 9.22. The van der Waals surface area contributed by atoms with E-state index in [1.165, 1.54) is 59.7 Å². The van der Waals surface area contributed by atoms with Gasteiger partial charge in [-0.15, -0.1) is 5.10 Å². The summed E-state index contributed by atoms with van der Waals surface area (Å²) in [4.78, 5) is 6.78. The number of aromatic nitrogens is 5. The summed E-state index contributed by atoms with van der Waals surface area (Å²) < 4.78 is 160. The maximum atomic E-state index is 15.6. The molecule has 2 aromatic carbocycles. The number of fused-ring (bicyclic) bond motifs is 2. The Hall–Kier alpha value is -6.60. The summed E-state index contributed by atoms with van der Waals surface area (Å²) in [5, 5.41) is 9.89. The molecule has 20 heteroatoms. The Morgan fingerprint density at radius 2 is 1.62 bits per heavy atom. The van der Waals surface area contributed by atoms with Crippen LogP contribution in [0.5, 0.6) is 5.75 Å². The molecule has 6 heterocycles. The fraction of sp³-hybridized carbons (Fsp3) is 0.111. The Kier molecular flexibility index (Phi) is 9.04. The van der Waals surface area contributed by atoms with Gasteiger partial charge in [0.1, 0.15) is 24.2 Å². The Labute approximate surface area is 309 Å². The van der Waals surface area contributed by atoms with Crippen molar-refractivity contribution in [2.45, 2.75) is 19.6 Å². The number of allylic oxidation sites excluding steroid dienone is 4. The molecule has 3 aromatic heterocycles. The first-order valence-electron chi connectivity index (χ1n) is 16.7. The standard InChI is InChI=1S/C36H23BF10N8O/c38-27-25(23(19-6-1-10-48-19)20-7-2-11-49-20)28(39)32(43)35(31(27)42)50-12-5-13-53-16-18(51-52-53)17-56-36-33(44)29(40)26(30(41)34(36)45)24-21-8-3-14-54(21)37(46,47)55-15-4-9-22(24)55/h1-4,6-11,14-16,48,50H,5,12-13,17H2/b23-20+. The van der Waals surface area contributed by atoms with Crippen LogP contribution < -0.4 is 10.1 Å². The van der Waals surface area contributed by atoms with Gasteiger partial charge in [-0.1, -0.05) is 5.21 Å². The Balaban J connectivity index is 0.945. The molecule has 0 bridgehead atoms. The van der Waals surface area contributed by atoms with Gasteiger partial charge in [0.05, 0.1) is 28.6 Å². The van der Waals surface area contributed by atoms with Gasteiger partial charge >= 0.3 is 6.97 Å². The minimum Gasteiger partial charge on any atom is -0.481 e. The molecule has 0 fully saturated rings. The first kappa shape index (κ1) is 36.4. The lowest BCUT2D eigenvalue weighted by Crippen LogP contribution is -2.49. The second-order valence-corrected chi connectivity index (χ2v) is 12.6. The molecule has 9 nitrogen and oxygen atoms in total. The van der Waals surface area contributed by atoms with Gasteiger partial charge in [0.15, 0.2) is 46.3 Å². The van der Waals surface area contributed by atoms with Gasteiger partial charge in [0.25, 0.3) is 0 Å². The van der Waals surface area contributed by atoms with Crippen LogP contribution in [0.25, 0.3) is 11.1 Å². The van der Waals surface area contributed by atoms with Gasteiger partial charge in [0.2, 0.25) is 11.6 Å². The molecule has 2 N–H and O–H groups in total. The number of halogens is 10. The number of nitrogens with zero attached hydrogens (tertiary/aromatic N) is 6. The van der Waals surface area contributed by atoms with Crippen molar-refractivity contribution in [2.75, 3.05) is 11.9 Å². The normalized spacial score (nSPS) is 16.1. The van der Waals surface area contributed by atoms with Gasteiger partial charge in [0, 0.05) is 54.6 Å². The van der Waals surface area contributed by atoms with E-state index in [0.717, 1.165) is 24.6 Å². The molecule has 0 spiro atoms. The van der Waals surface area contributed by atoms with E-state index < -0.39 is 88.3 Å². The van der Waals surface area contributed by atoms with Gasteiger partial charge in [-0.25, -0.2) is 26.3 Å². The van der Waals surface area contributed by atoms with E-state index >= 15 is 43.8 Å². The summed E-state index contributed by atoms with van der Waals surface area (Å²) >= 11 is 0. The molecule has 3 aliphatic rings. The largest absolute Gasteiger partial charge is 0.737 e. The van der Waals surface area contributed by atoms with Crippen LogP contribution in [0.4, 0.5) is 49.4 Å². The Bertz CT molecular complexity index is 2550. The highest BCUT2D eigenvalue weighted by atomic mass is 19.2.